The number of terminal acetylenes is 2. The molecule has 0 aliphatic carbocycles. The van der Waals surface area contributed by atoms with Gasteiger partial charge in [0.2, 0.25) is 0 Å². The third-order valence-corrected chi connectivity index (χ3v) is 3.97. The Bertz CT molecular complexity index is 538. The van der Waals surface area contributed by atoms with Crippen LogP contribution in [0, 0.1) is 24.7 Å². The van der Waals surface area contributed by atoms with E-state index < -0.39 is 43.9 Å². The molecule has 0 radical (unpaired) electrons. The van der Waals surface area contributed by atoms with Crippen LogP contribution in [0.2, 0.25) is 0 Å². The predicted octanol–water partition coefficient (Wildman–Crippen LogP) is 0.343. The minimum absolute atomic E-state index is 0.0457. The Balaban J connectivity index is 4.66. The highest BCUT2D eigenvalue weighted by atomic mass is 32.2. The largest absolute Gasteiger partial charge is 0.373 e. The molecule has 0 fully saturated rings. The van der Waals surface area contributed by atoms with E-state index in [-0.39, 0.29) is 25.7 Å². The molecule has 0 rings (SSSR count). The van der Waals surface area contributed by atoms with Crippen LogP contribution >= 0.6 is 0 Å². The summed E-state index contributed by atoms with van der Waals surface area (Å²) in [6, 6.07) is 0. The van der Waals surface area contributed by atoms with Crippen LogP contribution in [0.3, 0.4) is 0 Å². The molecule has 120 valence electrons. The molecule has 0 heterocycles. The first-order valence-electron chi connectivity index (χ1n) is 6.00. The van der Waals surface area contributed by atoms with E-state index in [1.54, 1.807) is 0 Å². The first kappa shape index (κ1) is 19.9. The van der Waals surface area contributed by atoms with Crippen LogP contribution in [0.1, 0.15) is 25.7 Å². The van der Waals surface area contributed by atoms with Gasteiger partial charge in [-0.05, 0) is 12.8 Å². The van der Waals surface area contributed by atoms with Gasteiger partial charge < -0.3 is 4.74 Å². The molecule has 2 N–H and O–H groups in total. The molecule has 0 spiro atoms. The van der Waals surface area contributed by atoms with E-state index in [9.17, 15) is 16.8 Å². The van der Waals surface area contributed by atoms with E-state index >= 15 is 0 Å². The van der Waals surface area contributed by atoms with Crippen LogP contribution in [0.15, 0.2) is 0 Å². The Labute approximate surface area is 125 Å². The van der Waals surface area contributed by atoms with Crippen molar-refractivity contribution in [3.05, 3.63) is 0 Å². The molecule has 2 unspecified atom stereocenters. The lowest BCUT2D eigenvalue weighted by Gasteiger charge is -2.22. The van der Waals surface area contributed by atoms with Crippen LogP contribution in [0.5, 0.6) is 0 Å². The molecule has 0 aromatic heterocycles. The van der Waals surface area contributed by atoms with Gasteiger partial charge in [0, 0.05) is 12.8 Å². The minimum atomic E-state index is -4.15. The van der Waals surface area contributed by atoms with Gasteiger partial charge in [0.1, 0.15) is 0 Å². The molecular weight excluding hydrogens is 320 g/mol. The summed E-state index contributed by atoms with van der Waals surface area (Å²) in [5.41, 5.74) is 0. The first-order chi connectivity index (χ1) is 9.57. The molecular formula is C12H18O7S2. The summed E-state index contributed by atoms with van der Waals surface area (Å²) in [6.07, 6.45) is 9.00. The smallest absolute Gasteiger partial charge is 0.264 e. The number of rotatable bonds is 10. The van der Waals surface area contributed by atoms with E-state index in [0.717, 1.165) is 0 Å². The summed E-state index contributed by atoms with van der Waals surface area (Å²) in [7, 11) is -8.29. The molecule has 0 amide bonds. The zero-order chi connectivity index (χ0) is 16.5. The number of hydrogen-bond donors (Lipinski definition) is 2. The maximum Gasteiger partial charge on any atom is 0.264 e. The first-order valence-corrected chi connectivity index (χ1v) is 9.22. The van der Waals surface area contributed by atoms with Crippen molar-refractivity contribution in [2.75, 3.05) is 11.5 Å². The highest BCUT2D eigenvalue weighted by Gasteiger charge is 2.20. The van der Waals surface area contributed by atoms with Crippen molar-refractivity contribution in [1.82, 2.24) is 0 Å². The fraction of sp³-hybridized carbons (Fsp3) is 0.667. The van der Waals surface area contributed by atoms with E-state index in [2.05, 4.69) is 11.8 Å². The molecule has 0 aliphatic rings. The summed E-state index contributed by atoms with van der Waals surface area (Å²) >= 11 is 0. The van der Waals surface area contributed by atoms with Crippen LogP contribution in [0.4, 0.5) is 0 Å². The number of hydrogen-bond acceptors (Lipinski definition) is 5. The monoisotopic (exact) mass is 338 g/mol. The summed E-state index contributed by atoms with van der Waals surface area (Å²) in [6.45, 7) is 0. The van der Waals surface area contributed by atoms with Gasteiger partial charge in [0.15, 0.2) is 0 Å². The summed E-state index contributed by atoms with van der Waals surface area (Å²) in [4.78, 5) is 0. The molecule has 0 saturated carbocycles. The lowest BCUT2D eigenvalue weighted by Crippen LogP contribution is -2.26. The Morgan fingerprint density at radius 2 is 1.19 bits per heavy atom. The number of ether oxygens (including phenoxy) is 1. The molecule has 2 atom stereocenters. The Kier molecular flexibility index (Phi) is 8.55. The van der Waals surface area contributed by atoms with E-state index in [4.69, 9.17) is 26.7 Å². The standard InChI is InChI=1S/C12H18O7S2/c1-3-5-11(7-9-20(13,14)15)19-12(6-4-2)8-10-21(16,17)18/h1-2,11-12H,5-10H2,(H,13,14,15)(H,16,17,18). The van der Waals surface area contributed by atoms with Gasteiger partial charge in [-0.3, -0.25) is 9.11 Å². The average Bonchev–Trinajstić information content (AvgIpc) is 2.31. The van der Waals surface area contributed by atoms with Crippen LogP contribution in [0.25, 0.3) is 0 Å². The molecule has 9 heteroatoms. The highest BCUT2D eigenvalue weighted by Crippen LogP contribution is 2.14. The zero-order valence-corrected chi connectivity index (χ0v) is 12.9. The predicted molar refractivity (Wildman–Crippen MR) is 77.6 cm³/mol. The van der Waals surface area contributed by atoms with Crippen molar-refractivity contribution >= 4 is 20.2 Å². The molecule has 7 nitrogen and oxygen atoms in total. The lowest BCUT2D eigenvalue weighted by molar-refractivity contribution is -0.00933. The van der Waals surface area contributed by atoms with Crippen molar-refractivity contribution in [2.24, 2.45) is 0 Å². The van der Waals surface area contributed by atoms with Gasteiger partial charge >= 0.3 is 0 Å². The summed E-state index contributed by atoms with van der Waals surface area (Å²) in [5.74, 6) is 3.55. The van der Waals surface area contributed by atoms with Gasteiger partial charge in [-0.1, -0.05) is 0 Å². The maximum atomic E-state index is 10.7. The fourth-order valence-corrected chi connectivity index (χ4v) is 2.65. The second-order valence-electron chi connectivity index (χ2n) is 4.35. The normalized spacial score (nSPS) is 14.9. The second kappa shape index (κ2) is 9.03. The summed E-state index contributed by atoms with van der Waals surface area (Å²) in [5, 5.41) is 0. The van der Waals surface area contributed by atoms with Gasteiger partial charge in [0.25, 0.3) is 20.2 Å². The highest BCUT2D eigenvalue weighted by molar-refractivity contribution is 7.86. The third kappa shape index (κ3) is 12.4. The topological polar surface area (TPSA) is 118 Å². The minimum Gasteiger partial charge on any atom is -0.373 e. The van der Waals surface area contributed by atoms with Crippen molar-refractivity contribution in [3.63, 3.8) is 0 Å². The van der Waals surface area contributed by atoms with E-state index in [1.165, 1.54) is 0 Å². The second-order valence-corrected chi connectivity index (χ2v) is 7.49. The van der Waals surface area contributed by atoms with E-state index in [1.807, 2.05) is 0 Å². The van der Waals surface area contributed by atoms with Crippen LogP contribution in [-0.4, -0.2) is 49.7 Å². The van der Waals surface area contributed by atoms with Crippen molar-refractivity contribution in [3.8, 4) is 24.7 Å². The molecule has 0 aromatic rings. The summed E-state index contributed by atoms with van der Waals surface area (Å²) < 4.78 is 65.7. The molecule has 0 aromatic carbocycles. The van der Waals surface area contributed by atoms with Gasteiger partial charge in [-0.2, -0.15) is 16.8 Å². The van der Waals surface area contributed by atoms with Crippen molar-refractivity contribution < 1.29 is 30.7 Å². The maximum absolute atomic E-state index is 10.7. The molecule has 0 saturated heterocycles. The molecule has 0 bridgehead atoms. The van der Waals surface area contributed by atoms with E-state index in [0.29, 0.717) is 0 Å². The molecule has 0 aliphatic heterocycles. The SMILES string of the molecule is C#CCC(CCS(=O)(=O)O)OC(CC#C)CCS(=O)(=O)O. The Morgan fingerprint density at radius 3 is 1.43 bits per heavy atom. The average molecular weight is 338 g/mol. The zero-order valence-electron chi connectivity index (χ0n) is 11.3. The van der Waals surface area contributed by atoms with Crippen LogP contribution in [-0.2, 0) is 25.0 Å². The van der Waals surface area contributed by atoms with Gasteiger partial charge in [0.05, 0.1) is 23.7 Å². The molecule has 21 heavy (non-hydrogen) atoms. The Morgan fingerprint density at radius 1 is 0.857 bits per heavy atom. The Hall–Kier alpha value is -1.10. The third-order valence-electron chi connectivity index (χ3n) is 2.47. The fourth-order valence-electron chi connectivity index (χ4n) is 1.53. The van der Waals surface area contributed by atoms with Crippen LogP contribution < -0.4 is 0 Å². The van der Waals surface area contributed by atoms with Crippen molar-refractivity contribution in [2.45, 2.75) is 37.9 Å². The van der Waals surface area contributed by atoms with Gasteiger partial charge in [-0.25, -0.2) is 0 Å². The van der Waals surface area contributed by atoms with Crippen molar-refractivity contribution in [1.29, 1.82) is 0 Å². The van der Waals surface area contributed by atoms with Gasteiger partial charge in [-0.15, -0.1) is 24.7 Å². The quantitative estimate of drug-likeness (QED) is 0.435. The lowest BCUT2D eigenvalue weighted by atomic mass is 10.1.